The topological polar surface area (TPSA) is 75.4 Å². The molecule has 4 N–H and O–H groups in total. The minimum Gasteiger partial charge on any atom is -0.404 e. The maximum Gasteiger partial charge on any atom is 0.276 e. The number of carbonyl (C=O) groups is 1. The summed E-state index contributed by atoms with van der Waals surface area (Å²) in [5.41, 5.74) is 6.50. The van der Waals surface area contributed by atoms with Gasteiger partial charge in [0.05, 0.1) is 5.57 Å². The third kappa shape index (κ3) is 1.96. The zero-order valence-electron chi connectivity index (χ0n) is 4.79. The molecule has 50 valence electrons. The van der Waals surface area contributed by atoms with Crippen LogP contribution in [0.2, 0.25) is 0 Å². The third-order valence-electron chi connectivity index (χ3n) is 0.763. The first kappa shape index (κ1) is 7.71. The van der Waals surface area contributed by atoms with Crippen LogP contribution in [0.15, 0.2) is 24.4 Å². The van der Waals surface area contributed by atoms with E-state index < -0.39 is 5.91 Å². The molecule has 1 amide bonds. The van der Waals surface area contributed by atoms with Crippen LogP contribution in [0.25, 0.3) is 0 Å². The number of hydrogen-bond donors (Lipinski definition) is 3. The number of nitrogens with two attached hydrogens (primary N) is 1. The third-order valence-corrected chi connectivity index (χ3v) is 0.763. The van der Waals surface area contributed by atoms with E-state index in [9.17, 15) is 4.79 Å². The van der Waals surface area contributed by atoms with Gasteiger partial charge in [0, 0.05) is 6.20 Å². The number of hydroxylamine groups is 1. The fraction of sp³-hybridized carbons (Fsp3) is 0. The average Bonchev–Trinajstić information content (AvgIpc) is 1.90. The summed E-state index contributed by atoms with van der Waals surface area (Å²) in [4.78, 5) is 10.4. The van der Waals surface area contributed by atoms with E-state index in [2.05, 4.69) is 6.58 Å². The molecule has 0 rings (SSSR count). The van der Waals surface area contributed by atoms with Crippen molar-refractivity contribution < 1.29 is 10.0 Å². The molecule has 0 saturated carbocycles. The van der Waals surface area contributed by atoms with E-state index in [1.807, 2.05) is 0 Å². The van der Waals surface area contributed by atoms with Crippen molar-refractivity contribution in [2.45, 2.75) is 0 Å². The maximum absolute atomic E-state index is 10.4. The number of rotatable bonds is 2. The van der Waals surface area contributed by atoms with Crippen LogP contribution in [0.4, 0.5) is 0 Å². The maximum atomic E-state index is 10.4. The molecule has 0 bridgehead atoms. The van der Waals surface area contributed by atoms with E-state index in [4.69, 9.17) is 10.9 Å². The van der Waals surface area contributed by atoms with Crippen LogP contribution in [0.3, 0.4) is 0 Å². The van der Waals surface area contributed by atoms with Gasteiger partial charge in [-0.3, -0.25) is 10.0 Å². The lowest BCUT2D eigenvalue weighted by molar-refractivity contribution is -0.124. The Morgan fingerprint density at radius 2 is 2.33 bits per heavy atom. The van der Waals surface area contributed by atoms with Crippen molar-refractivity contribution in [2.75, 3.05) is 0 Å². The Morgan fingerprint density at radius 3 is 2.44 bits per heavy atom. The molecule has 0 heterocycles. The molecule has 4 heteroatoms. The molecule has 0 spiro atoms. The van der Waals surface area contributed by atoms with Crippen molar-refractivity contribution in [1.82, 2.24) is 5.48 Å². The molecule has 4 nitrogen and oxygen atoms in total. The van der Waals surface area contributed by atoms with Crippen molar-refractivity contribution in [1.29, 1.82) is 0 Å². The number of amides is 1. The van der Waals surface area contributed by atoms with Gasteiger partial charge in [0.15, 0.2) is 0 Å². The fourth-order valence-corrected chi connectivity index (χ4v) is 0.301. The van der Waals surface area contributed by atoms with E-state index >= 15 is 0 Å². The predicted octanol–water partition coefficient (Wildman–Crippen LogP) is -0.480. The molecular weight excluding hydrogens is 120 g/mol. The summed E-state index contributed by atoms with van der Waals surface area (Å²) in [7, 11) is 0. The van der Waals surface area contributed by atoms with Crippen LogP contribution in [0.1, 0.15) is 0 Å². The van der Waals surface area contributed by atoms with Gasteiger partial charge >= 0.3 is 0 Å². The van der Waals surface area contributed by atoms with E-state index in [0.717, 1.165) is 6.20 Å². The molecule has 0 aromatic carbocycles. The molecule has 0 unspecified atom stereocenters. The lowest BCUT2D eigenvalue weighted by Gasteiger charge is -1.94. The summed E-state index contributed by atoms with van der Waals surface area (Å²) in [6.45, 7) is 3.28. The number of nitrogens with one attached hydrogen (secondary N) is 1. The van der Waals surface area contributed by atoms with Crippen LogP contribution < -0.4 is 11.2 Å². The summed E-state index contributed by atoms with van der Waals surface area (Å²) in [6.07, 6.45) is 2.30. The smallest absolute Gasteiger partial charge is 0.276 e. The highest BCUT2D eigenvalue weighted by Crippen LogP contribution is 1.89. The standard InChI is InChI=1S/C5H8N2O2/c1-2-4(3-6)5(8)7-9/h2-3,9H,1,6H2,(H,7,8)/b4-3+. The first-order chi connectivity index (χ1) is 4.26. The number of hydrogen-bond acceptors (Lipinski definition) is 3. The molecule has 0 aliphatic rings. The Hall–Kier alpha value is -1.29. The lowest BCUT2D eigenvalue weighted by atomic mass is 10.3. The second-order valence-corrected chi connectivity index (χ2v) is 1.27. The quantitative estimate of drug-likeness (QED) is 0.203. The molecular formula is C5H8N2O2. The number of carbonyl (C=O) groups excluding carboxylic acids is 1. The van der Waals surface area contributed by atoms with E-state index in [1.54, 1.807) is 0 Å². The fourth-order valence-electron chi connectivity index (χ4n) is 0.301. The summed E-state index contributed by atoms with van der Waals surface area (Å²) in [5.74, 6) is -0.660. The summed E-state index contributed by atoms with van der Waals surface area (Å²) in [5, 5.41) is 8.02. The SMILES string of the molecule is C=C/C(=C\N)C(=O)NO. The van der Waals surface area contributed by atoms with Gasteiger partial charge in [-0.1, -0.05) is 12.7 Å². The predicted molar refractivity (Wildman–Crippen MR) is 32.4 cm³/mol. The molecule has 0 atom stereocenters. The normalized spacial score (nSPS) is 10.6. The van der Waals surface area contributed by atoms with Crippen LogP contribution in [-0.2, 0) is 4.79 Å². The van der Waals surface area contributed by atoms with Crippen molar-refractivity contribution in [2.24, 2.45) is 5.73 Å². The minimum atomic E-state index is -0.660. The van der Waals surface area contributed by atoms with Gasteiger partial charge < -0.3 is 5.73 Å². The van der Waals surface area contributed by atoms with Crippen molar-refractivity contribution in [3.63, 3.8) is 0 Å². The Kier molecular flexibility index (Phi) is 3.15. The summed E-state index contributed by atoms with van der Waals surface area (Å²) >= 11 is 0. The highest BCUT2D eigenvalue weighted by Gasteiger charge is 2.00. The Morgan fingerprint density at radius 1 is 1.78 bits per heavy atom. The first-order valence-electron chi connectivity index (χ1n) is 2.25. The molecule has 9 heavy (non-hydrogen) atoms. The largest absolute Gasteiger partial charge is 0.404 e. The highest BCUT2D eigenvalue weighted by molar-refractivity contribution is 5.94. The van der Waals surface area contributed by atoms with Gasteiger partial charge in [0.25, 0.3) is 5.91 Å². The van der Waals surface area contributed by atoms with Crippen molar-refractivity contribution in [3.8, 4) is 0 Å². The molecule has 0 aromatic heterocycles. The van der Waals surface area contributed by atoms with Crippen molar-refractivity contribution >= 4 is 5.91 Å². The Labute approximate surface area is 52.6 Å². The summed E-state index contributed by atoms with van der Waals surface area (Å²) in [6, 6.07) is 0. The van der Waals surface area contributed by atoms with E-state index in [0.29, 0.717) is 0 Å². The Bertz CT molecular complexity index is 151. The second kappa shape index (κ2) is 3.68. The average molecular weight is 128 g/mol. The summed E-state index contributed by atoms with van der Waals surface area (Å²) < 4.78 is 0. The van der Waals surface area contributed by atoms with Crippen molar-refractivity contribution in [3.05, 3.63) is 24.4 Å². The zero-order chi connectivity index (χ0) is 7.28. The highest BCUT2D eigenvalue weighted by atomic mass is 16.5. The molecule has 0 aliphatic carbocycles. The lowest BCUT2D eigenvalue weighted by Crippen LogP contribution is -2.20. The van der Waals surface area contributed by atoms with Crippen LogP contribution in [0.5, 0.6) is 0 Å². The van der Waals surface area contributed by atoms with Gasteiger partial charge in [-0.2, -0.15) is 0 Å². The Balaban J connectivity index is 4.14. The zero-order valence-corrected chi connectivity index (χ0v) is 4.79. The first-order valence-corrected chi connectivity index (χ1v) is 2.25. The molecule has 0 fully saturated rings. The van der Waals surface area contributed by atoms with Gasteiger partial charge in [0.1, 0.15) is 0 Å². The van der Waals surface area contributed by atoms with E-state index in [-0.39, 0.29) is 5.57 Å². The van der Waals surface area contributed by atoms with Gasteiger partial charge in [-0.05, 0) is 0 Å². The monoisotopic (exact) mass is 128 g/mol. The van der Waals surface area contributed by atoms with Crippen LogP contribution in [-0.4, -0.2) is 11.1 Å². The molecule has 0 aromatic rings. The van der Waals surface area contributed by atoms with Gasteiger partial charge in [-0.15, -0.1) is 0 Å². The van der Waals surface area contributed by atoms with Gasteiger partial charge in [-0.25, -0.2) is 5.48 Å². The van der Waals surface area contributed by atoms with Gasteiger partial charge in [0.2, 0.25) is 0 Å². The molecule has 0 saturated heterocycles. The molecule has 0 radical (unpaired) electrons. The van der Waals surface area contributed by atoms with Crippen LogP contribution >= 0.6 is 0 Å². The van der Waals surface area contributed by atoms with Crippen LogP contribution in [0, 0.1) is 0 Å². The second-order valence-electron chi connectivity index (χ2n) is 1.27. The van der Waals surface area contributed by atoms with E-state index in [1.165, 1.54) is 11.6 Å². The molecule has 0 aliphatic heterocycles. The minimum absolute atomic E-state index is 0.137.